The van der Waals surface area contributed by atoms with E-state index in [0.29, 0.717) is 22.7 Å². The lowest BCUT2D eigenvalue weighted by Gasteiger charge is -2.18. The van der Waals surface area contributed by atoms with Gasteiger partial charge in [0.1, 0.15) is 11.5 Å². The number of rotatable bonds is 8. The molecule has 1 unspecified atom stereocenters. The molecule has 0 fully saturated rings. The van der Waals surface area contributed by atoms with Crippen LogP contribution >= 0.6 is 0 Å². The van der Waals surface area contributed by atoms with E-state index in [1.807, 2.05) is 0 Å². The monoisotopic (exact) mass is 378 g/mol. The zero-order valence-electron chi connectivity index (χ0n) is 14.9. The molecule has 2 aromatic rings. The van der Waals surface area contributed by atoms with E-state index in [1.54, 1.807) is 55.6 Å². The Morgan fingerprint density at radius 1 is 1.04 bits per heavy atom. The van der Waals surface area contributed by atoms with Crippen LogP contribution < -0.4 is 19.5 Å². The minimum Gasteiger partial charge on any atom is -0.497 e. The highest BCUT2D eigenvalue weighted by Gasteiger charge is 2.20. The van der Waals surface area contributed by atoms with Crippen molar-refractivity contribution in [3.8, 4) is 11.5 Å². The summed E-state index contributed by atoms with van der Waals surface area (Å²) in [6.45, 7) is 0. The molecule has 0 saturated heterocycles. The average Bonchev–Trinajstić information content (AvgIpc) is 2.60. The maximum absolute atomic E-state index is 12.4. The van der Waals surface area contributed by atoms with Gasteiger partial charge in [0.2, 0.25) is 15.9 Å². The van der Waals surface area contributed by atoms with Crippen LogP contribution in [0.25, 0.3) is 0 Å². The van der Waals surface area contributed by atoms with E-state index in [1.165, 1.54) is 7.11 Å². The molecule has 2 aromatic carbocycles. The first-order valence-corrected chi connectivity index (χ1v) is 9.75. The lowest BCUT2D eigenvalue weighted by molar-refractivity contribution is -0.116. The second-order valence-electron chi connectivity index (χ2n) is 5.67. The molecule has 140 valence electrons. The Morgan fingerprint density at radius 2 is 1.69 bits per heavy atom. The Bertz CT molecular complexity index is 850. The SMILES string of the molecule is COc1ccc(C(CC(=O)Nc2ccccc2OC)NS(C)(=O)=O)cc1. The summed E-state index contributed by atoms with van der Waals surface area (Å²) in [5.74, 6) is 0.828. The molecule has 26 heavy (non-hydrogen) atoms. The standard InChI is InChI=1S/C18H22N2O5S/c1-24-14-10-8-13(9-11-14)16(20-26(3,22)23)12-18(21)19-15-6-4-5-7-17(15)25-2/h4-11,16,20H,12H2,1-3H3,(H,19,21). The number of carbonyl (C=O) groups is 1. The number of amides is 1. The maximum atomic E-state index is 12.4. The van der Waals surface area contributed by atoms with Crippen LogP contribution in [-0.2, 0) is 14.8 Å². The Kier molecular flexibility index (Phi) is 6.59. The van der Waals surface area contributed by atoms with Crippen molar-refractivity contribution in [1.82, 2.24) is 4.72 Å². The van der Waals surface area contributed by atoms with E-state index in [4.69, 9.17) is 9.47 Å². The second kappa shape index (κ2) is 8.68. The Morgan fingerprint density at radius 3 is 2.27 bits per heavy atom. The van der Waals surface area contributed by atoms with Crippen molar-refractivity contribution >= 4 is 21.6 Å². The molecule has 1 atom stereocenters. The number of carbonyl (C=O) groups excluding carboxylic acids is 1. The molecular formula is C18H22N2O5S. The Balaban J connectivity index is 2.18. The molecule has 7 nitrogen and oxygen atoms in total. The molecule has 0 aliphatic heterocycles. The summed E-state index contributed by atoms with van der Waals surface area (Å²) < 4.78 is 36.2. The van der Waals surface area contributed by atoms with E-state index in [2.05, 4.69) is 10.0 Å². The molecule has 0 heterocycles. The van der Waals surface area contributed by atoms with Crippen LogP contribution in [0, 0.1) is 0 Å². The second-order valence-corrected chi connectivity index (χ2v) is 7.45. The van der Waals surface area contributed by atoms with E-state index < -0.39 is 16.1 Å². The molecule has 0 spiro atoms. The van der Waals surface area contributed by atoms with Gasteiger partial charge >= 0.3 is 0 Å². The highest BCUT2D eigenvalue weighted by atomic mass is 32.2. The summed E-state index contributed by atoms with van der Waals surface area (Å²) in [6.07, 6.45) is 0.985. The van der Waals surface area contributed by atoms with Gasteiger partial charge < -0.3 is 14.8 Å². The van der Waals surface area contributed by atoms with Gasteiger partial charge in [-0.2, -0.15) is 0 Å². The van der Waals surface area contributed by atoms with Gasteiger partial charge in [-0.1, -0.05) is 24.3 Å². The molecule has 0 aromatic heterocycles. The molecule has 8 heteroatoms. The predicted molar refractivity (Wildman–Crippen MR) is 100.0 cm³/mol. The molecule has 0 saturated carbocycles. The fourth-order valence-corrected chi connectivity index (χ4v) is 3.19. The predicted octanol–water partition coefficient (Wildman–Crippen LogP) is 2.32. The van der Waals surface area contributed by atoms with Crippen LogP contribution in [0.4, 0.5) is 5.69 Å². The molecule has 0 bridgehead atoms. The molecule has 2 N–H and O–H groups in total. The zero-order valence-corrected chi connectivity index (χ0v) is 15.7. The van der Waals surface area contributed by atoms with E-state index in [-0.39, 0.29) is 12.3 Å². The fourth-order valence-electron chi connectivity index (χ4n) is 2.46. The van der Waals surface area contributed by atoms with Gasteiger partial charge in [-0.3, -0.25) is 4.79 Å². The minimum absolute atomic E-state index is 0.0720. The highest BCUT2D eigenvalue weighted by molar-refractivity contribution is 7.88. The first kappa shape index (κ1) is 19.7. The van der Waals surface area contributed by atoms with Gasteiger partial charge in [0, 0.05) is 6.42 Å². The van der Waals surface area contributed by atoms with Crippen LogP contribution in [0.1, 0.15) is 18.0 Å². The van der Waals surface area contributed by atoms with E-state index >= 15 is 0 Å². The third kappa shape index (κ3) is 5.75. The minimum atomic E-state index is -3.50. The van der Waals surface area contributed by atoms with Crippen molar-refractivity contribution < 1.29 is 22.7 Å². The summed E-state index contributed by atoms with van der Waals surface area (Å²) in [4.78, 5) is 12.4. The lowest BCUT2D eigenvalue weighted by atomic mass is 10.0. The number of ether oxygens (including phenoxy) is 2. The molecule has 1 amide bonds. The summed E-state index contributed by atoms with van der Waals surface area (Å²) in [7, 11) is -0.451. The smallest absolute Gasteiger partial charge is 0.226 e. The summed E-state index contributed by atoms with van der Waals surface area (Å²) in [5, 5.41) is 2.75. The number of sulfonamides is 1. The van der Waals surface area contributed by atoms with Crippen molar-refractivity contribution in [3.63, 3.8) is 0 Å². The average molecular weight is 378 g/mol. The summed E-state index contributed by atoms with van der Waals surface area (Å²) in [5.41, 5.74) is 1.18. The van der Waals surface area contributed by atoms with Crippen LogP contribution in [0.3, 0.4) is 0 Å². The number of hydrogen-bond acceptors (Lipinski definition) is 5. The van der Waals surface area contributed by atoms with E-state index in [0.717, 1.165) is 6.26 Å². The number of benzene rings is 2. The van der Waals surface area contributed by atoms with Crippen molar-refractivity contribution in [1.29, 1.82) is 0 Å². The van der Waals surface area contributed by atoms with Crippen molar-refractivity contribution in [3.05, 3.63) is 54.1 Å². The third-order valence-corrected chi connectivity index (χ3v) is 4.36. The maximum Gasteiger partial charge on any atom is 0.226 e. The van der Waals surface area contributed by atoms with Crippen LogP contribution in [0.15, 0.2) is 48.5 Å². The molecular weight excluding hydrogens is 356 g/mol. The van der Waals surface area contributed by atoms with Gasteiger partial charge in [0.05, 0.1) is 32.2 Å². The zero-order chi connectivity index (χ0) is 19.2. The fraction of sp³-hybridized carbons (Fsp3) is 0.278. The number of nitrogens with one attached hydrogen (secondary N) is 2. The number of para-hydroxylation sites is 2. The van der Waals surface area contributed by atoms with Gasteiger partial charge in [-0.15, -0.1) is 0 Å². The van der Waals surface area contributed by atoms with Crippen molar-refractivity contribution in [2.45, 2.75) is 12.5 Å². The summed E-state index contributed by atoms with van der Waals surface area (Å²) in [6, 6.07) is 13.2. The highest BCUT2D eigenvalue weighted by Crippen LogP contribution is 2.25. The summed E-state index contributed by atoms with van der Waals surface area (Å²) >= 11 is 0. The van der Waals surface area contributed by atoms with E-state index in [9.17, 15) is 13.2 Å². The van der Waals surface area contributed by atoms with Gasteiger partial charge in [0.25, 0.3) is 0 Å². The Hall–Kier alpha value is -2.58. The molecule has 2 rings (SSSR count). The lowest BCUT2D eigenvalue weighted by Crippen LogP contribution is -2.30. The van der Waals surface area contributed by atoms with Crippen LogP contribution in [0.5, 0.6) is 11.5 Å². The van der Waals surface area contributed by atoms with Crippen molar-refractivity contribution in [2.75, 3.05) is 25.8 Å². The van der Waals surface area contributed by atoms with Gasteiger partial charge in [0.15, 0.2) is 0 Å². The number of hydrogen-bond donors (Lipinski definition) is 2. The first-order valence-electron chi connectivity index (χ1n) is 7.86. The first-order chi connectivity index (χ1) is 12.3. The largest absolute Gasteiger partial charge is 0.497 e. The molecule has 0 aliphatic rings. The topological polar surface area (TPSA) is 93.7 Å². The molecule has 0 aliphatic carbocycles. The number of methoxy groups -OCH3 is 2. The normalized spacial score (nSPS) is 12.3. The van der Waals surface area contributed by atoms with Gasteiger partial charge in [-0.25, -0.2) is 13.1 Å². The quantitative estimate of drug-likeness (QED) is 0.735. The van der Waals surface area contributed by atoms with Crippen molar-refractivity contribution in [2.24, 2.45) is 0 Å². The number of anilines is 1. The Labute approximate surface area is 153 Å². The van der Waals surface area contributed by atoms with Gasteiger partial charge in [-0.05, 0) is 29.8 Å². The molecule has 0 radical (unpaired) electrons. The van der Waals surface area contributed by atoms with Crippen LogP contribution in [-0.4, -0.2) is 34.8 Å². The third-order valence-electron chi connectivity index (χ3n) is 3.65. The van der Waals surface area contributed by atoms with Crippen LogP contribution in [0.2, 0.25) is 0 Å².